The third kappa shape index (κ3) is 3.72. The minimum atomic E-state index is -0.807. The second kappa shape index (κ2) is 5.18. The van der Waals surface area contributed by atoms with E-state index in [1.807, 2.05) is 0 Å². The Morgan fingerprint density at radius 2 is 2.06 bits per heavy atom. The highest BCUT2D eigenvalue weighted by Crippen LogP contribution is 2.43. The van der Waals surface area contributed by atoms with Gasteiger partial charge in [-0.1, -0.05) is 6.42 Å². The van der Waals surface area contributed by atoms with Gasteiger partial charge in [-0.2, -0.15) is 0 Å². The van der Waals surface area contributed by atoms with Crippen LogP contribution in [0.3, 0.4) is 0 Å². The number of nitrogens with one attached hydrogen (secondary N) is 1. The molecule has 0 saturated heterocycles. The van der Waals surface area contributed by atoms with Gasteiger partial charge in [0.25, 0.3) is 0 Å². The number of rotatable bonds is 5. The minimum Gasteiger partial charge on any atom is -0.481 e. The van der Waals surface area contributed by atoms with Crippen LogP contribution in [-0.4, -0.2) is 29.8 Å². The van der Waals surface area contributed by atoms with E-state index in [1.165, 1.54) is 0 Å². The molecule has 1 aliphatic rings. The molecule has 0 aromatic carbocycles. The van der Waals surface area contributed by atoms with Crippen LogP contribution >= 0.6 is 0 Å². The predicted molar refractivity (Wildman–Crippen MR) is 58.2 cm³/mol. The average molecular weight is 229 g/mol. The van der Waals surface area contributed by atoms with E-state index in [4.69, 9.17) is 9.84 Å². The minimum absolute atomic E-state index is 0.120. The summed E-state index contributed by atoms with van der Waals surface area (Å²) in [6, 6.07) is 0. The van der Waals surface area contributed by atoms with E-state index in [1.54, 1.807) is 13.8 Å². The second-order valence-corrected chi connectivity index (χ2v) is 4.73. The molecular formula is C11H19NO4. The number of amides is 1. The van der Waals surface area contributed by atoms with Crippen LogP contribution in [0.1, 0.15) is 39.5 Å². The zero-order valence-electron chi connectivity index (χ0n) is 9.78. The summed E-state index contributed by atoms with van der Waals surface area (Å²) < 4.78 is 4.92. The molecule has 0 atom stereocenters. The van der Waals surface area contributed by atoms with Gasteiger partial charge in [-0.25, -0.2) is 4.79 Å². The third-order valence-electron chi connectivity index (χ3n) is 2.89. The van der Waals surface area contributed by atoms with Gasteiger partial charge in [0, 0.05) is 6.54 Å². The van der Waals surface area contributed by atoms with Gasteiger partial charge in [-0.3, -0.25) is 4.79 Å². The topological polar surface area (TPSA) is 75.6 Å². The molecular weight excluding hydrogens is 210 g/mol. The van der Waals surface area contributed by atoms with Crippen molar-refractivity contribution in [1.29, 1.82) is 0 Å². The van der Waals surface area contributed by atoms with Crippen LogP contribution in [0.4, 0.5) is 4.79 Å². The molecule has 0 spiro atoms. The molecule has 92 valence electrons. The fraction of sp³-hybridized carbons (Fsp3) is 0.818. The number of alkyl carbamates (subject to hydrolysis) is 1. The molecule has 5 nitrogen and oxygen atoms in total. The zero-order chi connectivity index (χ0) is 12.2. The largest absolute Gasteiger partial charge is 0.481 e. The van der Waals surface area contributed by atoms with Crippen LogP contribution in [0.15, 0.2) is 0 Å². The van der Waals surface area contributed by atoms with Gasteiger partial charge in [-0.15, -0.1) is 0 Å². The summed E-state index contributed by atoms with van der Waals surface area (Å²) in [5, 5.41) is 11.4. The number of ether oxygens (including phenoxy) is 1. The molecule has 0 unspecified atom stereocenters. The SMILES string of the molecule is CC(C)OC(=O)NCC1(CC(=O)O)CCC1. The van der Waals surface area contributed by atoms with Crippen LogP contribution in [0.5, 0.6) is 0 Å². The van der Waals surface area contributed by atoms with Gasteiger partial charge >= 0.3 is 12.1 Å². The Labute approximate surface area is 95.2 Å². The molecule has 0 aromatic rings. The van der Waals surface area contributed by atoms with Gasteiger partial charge in [-0.05, 0) is 32.1 Å². The monoisotopic (exact) mass is 229 g/mol. The van der Waals surface area contributed by atoms with Crippen LogP contribution < -0.4 is 5.32 Å². The summed E-state index contributed by atoms with van der Waals surface area (Å²) in [7, 11) is 0. The van der Waals surface area contributed by atoms with E-state index in [2.05, 4.69) is 5.32 Å². The second-order valence-electron chi connectivity index (χ2n) is 4.73. The van der Waals surface area contributed by atoms with Crippen molar-refractivity contribution in [3.8, 4) is 0 Å². The highest BCUT2D eigenvalue weighted by atomic mass is 16.6. The lowest BCUT2D eigenvalue weighted by atomic mass is 9.66. The molecule has 0 bridgehead atoms. The van der Waals surface area contributed by atoms with E-state index in [0.717, 1.165) is 19.3 Å². The van der Waals surface area contributed by atoms with Crippen molar-refractivity contribution in [3.63, 3.8) is 0 Å². The molecule has 2 N–H and O–H groups in total. The summed E-state index contributed by atoms with van der Waals surface area (Å²) in [4.78, 5) is 21.9. The molecule has 1 fully saturated rings. The summed E-state index contributed by atoms with van der Waals surface area (Å²) >= 11 is 0. The smallest absolute Gasteiger partial charge is 0.407 e. The van der Waals surface area contributed by atoms with Crippen molar-refractivity contribution < 1.29 is 19.4 Å². The van der Waals surface area contributed by atoms with Gasteiger partial charge in [0.1, 0.15) is 0 Å². The van der Waals surface area contributed by atoms with Crippen molar-refractivity contribution in [3.05, 3.63) is 0 Å². The Hall–Kier alpha value is -1.26. The molecule has 1 rings (SSSR count). The maximum absolute atomic E-state index is 11.2. The summed E-state index contributed by atoms with van der Waals surface area (Å²) in [5.74, 6) is -0.807. The fourth-order valence-corrected chi connectivity index (χ4v) is 1.93. The maximum atomic E-state index is 11.2. The van der Waals surface area contributed by atoms with E-state index in [-0.39, 0.29) is 17.9 Å². The summed E-state index contributed by atoms with van der Waals surface area (Å²) in [6.07, 6.45) is 2.26. The van der Waals surface area contributed by atoms with Crippen molar-refractivity contribution >= 4 is 12.1 Å². The maximum Gasteiger partial charge on any atom is 0.407 e. The Morgan fingerprint density at radius 1 is 1.44 bits per heavy atom. The number of carboxylic acid groups (broad SMARTS) is 1. The first kappa shape index (κ1) is 12.8. The lowest BCUT2D eigenvalue weighted by Crippen LogP contribution is -2.44. The highest BCUT2D eigenvalue weighted by molar-refractivity contribution is 5.69. The molecule has 0 aromatic heterocycles. The Balaban J connectivity index is 2.34. The van der Waals surface area contributed by atoms with Crippen LogP contribution in [0.25, 0.3) is 0 Å². The molecule has 0 aliphatic heterocycles. The molecule has 0 heterocycles. The van der Waals surface area contributed by atoms with Crippen LogP contribution in [-0.2, 0) is 9.53 Å². The van der Waals surface area contributed by atoms with E-state index in [9.17, 15) is 9.59 Å². The van der Waals surface area contributed by atoms with Gasteiger partial charge in [0.05, 0.1) is 12.5 Å². The first-order valence-electron chi connectivity index (χ1n) is 5.60. The Bertz CT molecular complexity index is 271. The van der Waals surface area contributed by atoms with E-state index >= 15 is 0 Å². The summed E-state index contributed by atoms with van der Waals surface area (Å²) in [6.45, 7) is 3.94. The number of carboxylic acids is 1. The first-order chi connectivity index (χ1) is 7.43. The number of hydrogen-bond acceptors (Lipinski definition) is 3. The quantitative estimate of drug-likeness (QED) is 0.753. The van der Waals surface area contributed by atoms with Crippen molar-refractivity contribution in [2.45, 2.75) is 45.6 Å². The number of hydrogen-bond donors (Lipinski definition) is 2. The number of carbonyl (C=O) groups excluding carboxylic acids is 1. The lowest BCUT2D eigenvalue weighted by Gasteiger charge is -2.40. The lowest BCUT2D eigenvalue weighted by molar-refractivity contribution is -0.141. The van der Waals surface area contributed by atoms with Gasteiger partial charge in [0.2, 0.25) is 0 Å². The highest BCUT2D eigenvalue weighted by Gasteiger charge is 2.39. The molecule has 1 saturated carbocycles. The number of carbonyl (C=O) groups is 2. The zero-order valence-corrected chi connectivity index (χ0v) is 9.78. The molecule has 5 heteroatoms. The first-order valence-corrected chi connectivity index (χ1v) is 5.60. The summed E-state index contributed by atoms with van der Waals surface area (Å²) in [5.41, 5.74) is -0.248. The third-order valence-corrected chi connectivity index (χ3v) is 2.89. The molecule has 16 heavy (non-hydrogen) atoms. The van der Waals surface area contributed by atoms with Crippen molar-refractivity contribution in [1.82, 2.24) is 5.32 Å². The Morgan fingerprint density at radius 3 is 2.44 bits per heavy atom. The van der Waals surface area contributed by atoms with Gasteiger partial charge < -0.3 is 15.2 Å². The van der Waals surface area contributed by atoms with E-state index in [0.29, 0.717) is 6.54 Å². The average Bonchev–Trinajstić information content (AvgIpc) is 2.07. The van der Waals surface area contributed by atoms with Crippen LogP contribution in [0.2, 0.25) is 0 Å². The Kier molecular flexibility index (Phi) is 4.15. The van der Waals surface area contributed by atoms with Crippen molar-refractivity contribution in [2.24, 2.45) is 5.41 Å². The van der Waals surface area contributed by atoms with Crippen molar-refractivity contribution in [2.75, 3.05) is 6.54 Å². The standard InChI is InChI=1S/C11H19NO4/c1-8(2)16-10(15)12-7-11(4-3-5-11)6-9(13)14/h8H,3-7H2,1-2H3,(H,12,15)(H,13,14). The predicted octanol–water partition coefficient (Wildman–Crippen LogP) is 1.77. The fourth-order valence-electron chi connectivity index (χ4n) is 1.93. The van der Waals surface area contributed by atoms with E-state index < -0.39 is 12.1 Å². The normalized spacial score (nSPS) is 17.7. The molecule has 1 amide bonds. The number of aliphatic carboxylic acids is 1. The van der Waals surface area contributed by atoms with Crippen LogP contribution in [0, 0.1) is 5.41 Å². The molecule has 0 radical (unpaired) electrons. The molecule has 1 aliphatic carbocycles. The van der Waals surface area contributed by atoms with Gasteiger partial charge in [0.15, 0.2) is 0 Å².